The summed E-state index contributed by atoms with van der Waals surface area (Å²) in [6.07, 6.45) is 4.83. The first-order valence-electron chi connectivity index (χ1n) is 6.30. The van der Waals surface area contributed by atoms with Crippen molar-refractivity contribution in [3.05, 3.63) is 22.8 Å². The third-order valence-corrected chi connectivity index (χ3v) is 3.82. The van der Waals surface area contributed by atoms with Crippen LogP contribution in [-0.2, 0) is 0 Å². The Morgan fingerprint density at radius 2 is 2.21 bits per heavy atom. The second-order valence-corrected chi connectivity index (χ2v) is 5.59. The van der Waals surface area contributed by atoms with E-state index >= 15 is 0 Å². The topological polar surface area (TPSA) is 79.5 Å². The van der Waals surface area contributed by atoms with Gasteiger partial charge in [0.05, 0.1) is 16.2 Å². The van der Waals surface area contributed by atoms with Crippen LogP contribution < -0.4 is 5.73 Å². The number of aromatic nitrogens is 1. The molecule has 0 atom stereocenters. The Morgan fingerprint density at radius 3 is 2.84 bits per heavy atom. The van der Waals surface area contributed by atoms with Crippen LogP contribution in [0.3, 0.4) is 0 Å². The Hall–Kier alpha value is -1.33. The van der Waals surface area contributed by atoms with E-state index in [0.29, 0.717) is 12.1 Å². The van der Waals surface area contributed by atoms with Crippen molar-refractivity contribution in [2.75, 3.05) is 19.3 Å². The zero-order valence-corrected chi connectivity index (χ0v) is 11.7. The zero-order valence-electron chi connectivity index (χ0n) is 10.9. The largest absolute Gasteiger partial charge is 0.388 e. The summed E-state index contributed by atoms with van der Waals surface area (Å²) in [5, 5.41) is 10.6. The minimum atomic E-state index is -0.768. The number of anilines is 1. The fourth-order valence-corrected chi connectivity index (χ4v) is 2.71. The van der Waals surface area contributed by atoms with Crippen molar-refractivity contribution < 1.29 is 9.90 Å². The molecule has 1 aliphatic rings. The van der Waals surface area contributed by atoms with Crippen LogP contribution in [0.4, 0.5) is 5.82 Å². The summed E-state index contributed by atoms with van der Waals surface area (Å²) in [5.74, 6) is 0.000142. The lowest BCUT2D eigenvalue weighted by atomic mass is 10.0. The van der Waals surface area contributed by atoms with Crippen LogP contribution in [0.1, 0.15) is 36.0 Å². The molecule has 1 aromatic heterocycles. The molecule has 1 saturated carbocycles. The van der Waals surface area contributed by atoms with Gasteiger partial charge in [0.25, 0.3) is 5.91 Å². The number of pyridine rings is 1. The highest BCUT2D eigenvalue weighted by atomic mass is 35.5. The lowest BCUT2D eigenvalue weighted by Crippen LogP contribution is -2.42. The summed E-state index contributed by atoms with van der Waals surface area (Å²) in [7, 11) is 1.66. The smallest absolute Gasteiger partial charge is 0.255 e. The van der Waals surface area contributed by atoms with Gasteiger partial charge in [-0.15, -0.1) is 0 Å². The van der Waals surface area contributed by atoms with E-state index in [1.165, 1.54) is 17.2 Å². The molecule has 19 heavy (non-hydrogen) atoms. The number of carbonyl (C=O) groups is 1. The Kier molecular flexibility index (Phi) is 3.96. The van der Waals surface area contributed by atoms with Crippen molar-refractivity contribution in [1.82, 2.24) is 9.88 Å². The maximum Gasteiger partial charge on any atom is 0.255 e. The second-order valence-electron chi connectivity index (χ2n) is 5.18. The van der Waals surface area contributed by atoms with Crippen molar-refractivity contribution >= 4 is 23.3 Å². The summed E-state index contributed by atoms with van der Waals surface area (Å²) in [6.45, 7) is 0.310. The molecule has 0 aliphatic heterocycles. The third-order valence-electron chi connectivity index (χ3n) is 3.52. The number of nitrogens with two attached hydrogens (primary N) is 1. The predicted octanol–water partition coefficient (Wildman–Crippen LogP) is 1.69. The number of hydrogen-bond acceptors (Lipinski definition) is 4. The van der Waals surface area contributed by atoms with Gasteiger partial charge < -0.3 is 15.7 Å². The van der Waals surface area contributed by atoms with Crippen LogP contribution in [0.25, 0.3) is 0 Å². The van der Waals surface area contributed by atoms with Gasteiger partial charge in [-0.3, -0.25) is 4.79 Å². The van der Waals surface area contributed by atoms with Crippen LogP contribution in [-0.4, -0.2) is 40.1 Å². The van der Waals surface area contributed by atoms with Crippen molar-refractivity contribution in [2.24, 2.45) is 0 Å². The van der Waals surface area contributed by atoms with Crippen LogP contribution in [0.5, 0.6) is 0 Å². The van der Waals surface area contributed by atoms with Crippen LogP contribution >= 0.6 is 11.6 Å². The number of amides is 1. The summed E-state index contributed by atoms with van der Waals surface area (Å²) in [6, 6.07) is 1.46. The Labute approximate surface area is 117 Å². The first-order chi connectivity index (χ1) is 8.91. The predicted molar refractivity (Wildman–Crippen MR) is 74.0 cm³/mol. The van der Waals surface area contributed by atoms with E-state index in [1.807, 2.05) is 0 Å². The van der Waals surface area contributed by atoms with E-state index in [0.717, 1.165) is 25.7 Å². The molecule has 104 valence electrons. The number of nitrogens with zero attached hydrogens (tertiary/aromatic N) is 2. The maximum absolute atomic E-state index is 12.3. The van der Waals surface area contributed by atoms with E-state index in [-0.39, 0.29) is 16.7 Å². The van der Waals surface area contributed by atoms with Gasteiger partial charge in [0.15, 0.2) is 0 Å². The van der Waals surface area contributed by atoms with E-state index in [1.54, 1.807) is 7.05 Å². The van der Waals surface area contributed by atoms with Gasteiger partial charge >= 0.3 is 0 Å². The number of likely N-dealkylation sites (N-methyl/N-ethyl adjacent to an activating group) is 1. The maximum atomic E-state index is 12.3. The van der Waals surface area contributed by atoms with E-state index in [9.17, 15) is 9.90 Å². The lowest BCUT2D eigenvalue weighted by Gasteiger charge is -2.28. The second kappa shape index (κ2) is 5.35. The average molecular weight is 284 g/mol. The molecule has 1 aromatic rings. The standard InChI is InChI=1S/C13H18ClN3O2/c1-17(8-13(19)4-2-3-5-13)12(18)9-6-11(15)16-7-10(9)14/h6-7,19H,2-5,8H2,1H3,(H2,15,16). The normalized spacial score (nSPS) is 17.4. The highest BCUT2D eigenvalue weighted by Crippen LogP contribution is 2.30. The van der Waals surface area contributed by atoms with Crippen molar-refractivity contribution in [3.63, 3.8) is 0 Å². The molecular formula is C13H18ClN3O2. The number of aliphatic hydroxyl groups is 1. The summed E-state index contributed by atoms with van der Waals surface area (Å²) in [4.78, 5) is 17.6. The number of rotatable bonds is 3. The molecule has 3 N–H and O–H groups in total. The minimum absolute atomic E-state index is 0.251. The number of carbonyl (C=O) groups excluding carboxylic acids is 1. The van der Waals surface area contributed by atoms with E-state index in [4.69, 9.17) is 17.3 Å². The lowest BCUT2D eigenvalue weighted by molar-refractivity contribution is 0.0157. The SMILES string of the molecule is CN(CC1(O)CCCC1)C(=O)c1cc(N)ncc1Cl. The molecule has 0 unspecified atom stereocenters. The molecule has 1 heterocycles. The molecule has 0 radical (unpaired) electrons. The Bertz CT molecular complexity index is 487. The molecule has 5 nitrogen and oxygen atoms in total. The third kappa shape index (κ3) is 3.16. The van der Waals surface area contributed by atoms with Crippen LogP contribution in [0, 0.1) is 0 Å². The number of hydrogen-bond donors (Lipinski definition) is 2. The Morgan fingerprint density at radius 1 is 1.58 bits per heavy atom. The molecule has 2 rings (SSSR count). The summed E-state index contributed by atoms with van der Waals surface area (Å²) in [5.41, 5.74) is 5.11. The van der Waals surface area contributed by atoms with Gasteiger partial charge in [-0.05, 0) is 18.9 Å². The van der Waals surface area contributed by atoms with Gasteiger partial charge in [-0.2, -0.15) is 0 Å². The molecule has 1 amide bonds. The number of halogens is 1. The summed E-state index contributed by atoms with van der Waals surface area (Å²) < 4.78 is 0. The molecule has 1 fully saturated rings. The fourth-order valence-electron chi connectivity index (χ4n) is 2.53. The van der Waals surface area contributed by atoms with Crippen molar-refractivity contribution in [3.8, 4) is 0 Å². The molecular weight excluding hydrogens is 266 g/mol. The van der Waals surface area contributed by atoms with E-state index < -0.39 is 5.60 Å². The molecule has 6 heteroatoms. The molecule has 0 aromatic carbocycles. The van der Waals surface area contributed by atoms with Gasteiger partial charge in [-0.25, -0.2) is 4.98 Å². The highest BCUT2D eigenvalue weighted by molar-refractivity contribution is 6.33. The molecule has 0 saturated heterocycles. The minimum Gasteiger partial charge on any atom is -0.388 e. The molecule has 1 aliphatic carbocycles. The molecule has 0 bridgehead atoms. The highest BCUT2D eigenvalue weighted by Gasteiger charge is 2.33. The zero-order chi connectivity index (χ0) is 14.0. The van der Waals surface area contributed by atoms with Gasteiger partial charge in [0.2, 0.25) is 0 Å². The number of nitrogen functional groups attached to an aromatic ring is 1. The van der Waals surface area contributed by atoms with Crippen molar-refractivity contribution in [1.29, 1.82) is 0 Å². The first-order valence-corrected chi connectivity index (χ1v) is 6.68. The fraction of sp³-hybridized carbons (Fsp3) is 0.538. The monoisotopic (exact) mass is 283 g/mol. The van der Waals surface area contributed by atoms with Crippen LogP contribution in [0.2, 0.25) is 5.02 Å². The average Bonchev–Trinajstić information content (AvgIpc) is 2.78. The summed E-state index contributed by atoms with van der Waals surface area (Å²) >= 11 is 5.96. The first kappa shape index (κ1) is 14.1. The quantitative estimate of drug-likeness (QED) is 0.885. The Balaban J connectivity index is 2.12. The molecule has 0 spiro atoms. The van der Waals surface area contributed by atoms with Gasteiger partial charge in [0, 0.05) is 19.8 Å². The van der Waals surface area contributed by atoms with Crippen LogP contribution in [0.15, 0.2) is 12.3 Å². The van der Waals surface area contributed by atoms with Gasteiger partial charge in [-0.1, -0.05) is 24.4 Å². The van der Waals surface area contributed by atoms with Gasteiger partial charge in [0.1, 0.15) is 5.82 Å². The van der Waals surface area contributed by atoms with Crippen molar-refractivity contribution in [2.45, 2.75) is 31.3 Å². The van der Waals surface area contributed by atoms with E-state index in [2.05, 4.69) is 4.98 Å².